The van der Waals surface area contributed by atoms with Crippen LogP contribution in [0.25, 0.3) is 10.8 Å². The van der Waals surface area contributed by atoms with E-state index >= 15 is 0 Å². The van der Waals surface area contributed by atoms with E-state index < -0.39 is 82.0 Å². The lowest BCUT2D eigenvalue weighted by Crippen LogP contribution is -2.15. The molecule has 5 aromatic rings. The Hall–Kier alpha value is -6.04. The van der Waals surface area contributed by atoms with Gasteiger partial charge >= 0.3 is 16.4 Å². The van der Waals surface area contributed by atoms with Crippen molar-refractivity contribution in [2.24, 2.45) is 30.7 Å². The number of aromatic hydroxyl groups is 2. The zero-order chi connectivity index (χ0) is 39.4. The lowest BCUT2D eigenvalue weighted by atomic mass is 10.1. The van der Waals surface area contributed by atoms with Gasteiger partial charge in [0, 0.05) is 10.8 Å². The molecule has 0 unspecified atom stereocenters. The molecule has 0 bridgehead atoms. The van der Waals surface area contributed by atoms with Crippen LogP contribution < -0.4 is 0 Å². The highest BCUT2D eigenvalue weighted by atomic mass is 32.3. The van der Waals surface area contributed by atoms with Crippen molar-refractivity contribution in [3.63, 3.8) is 0 Å². The summed E-state index contributed by atoms with van der Waals surface area (Å²) in [5.41, 5.74) is -0.332. The van der Waals surface area contributed by atoms with Gasteiger partial charge in [-0.05, 0) is 73.7 Å². The Morgan fingerprint density at radius 1 is 0.648 bits per heavy atom. The van der Waals surface area contributed by atoms with Crippen LogP contribution in [0, 0.1) is 6.92 Å². The van der Waals surface area contributed by atoms with E-state index in [1.54, 1.807) is 12.1 Å². The van der Waals surface area contributed by atoms with Crippen LogP contribution in [0.5, 0.6) is 11.5 Å². The van der Waals surface area contributed by atoms with Crippen LogP contribution >= 0.6 is 0 Å². The van der Waals surface area contributed by atoms with Crippen molar-refractivity contribution in [3.05, 3.63) is 96.1 Å². The number of fused-ring (bicyclic) bond motifs is 1. The number of phenols is 2. The summed E-state index contributed by atoms with van der Waals surface area (Å²) in [5, 5.41) is 55.7. The fourth-order valence-corrected chi connectivity index (χ4v) is 6.65. The van der Waals surface area contributed by atoms with Gasteiger partial charge in [-0.25, -0.2) is 17.4 Å². The molecular weight excluding hydrogens is 773 g/mol. The molecule has 0 saturated carbocycles. The van der Waals surface area contributed by atoms with Crippen LogP contribution in [0.15, 0.2) is 125 Å². The second-order valence-corrected chi connectivity index (χ2v) is 15.7. The standard InChI is InChI=1S/C32H26N6O13S3/c1-18-2-4-19(5-3-18)33-35-26-12-13-27(24-16-22(53(45,46)47)10-11-23(24)26)36-37-29-25(32(41)42)17-28(39)30(31(29)40)38-34-20-6-8-21(9-7-20)52(43,44)15-14-51-54(48,49)50/h2-13,16-17,39-40H,14-15H2,1H3,(H,41,42)(H,45,46,47)(H,48,49,50). The van der Waals surface area contributed by atoms with Gasteiger partial charge in [0.05, 0.1) is 50.5 Å². The average molecular weight is 799 g/mol. The summed E-state index contributed by atoms with van der Waals surface area (Å²) in [4.78, 5) is 11.3. The van der Waals surface area contributed by atoms with Crippen LogP contribution in [0.4, 0.5) is 34.1 Å². The monoisotopic (exact) mass is 798 g/mol. The van der Waals surface area contributed by atoms with Crippen molar-refractivity contribution in [3.8, 4) is 11.5 Å². The molecule has 5 rings (SSSR count). The number of nitrogens with zero attached hydrogens (tertiary/aromatic N) is 6. The SMILES string of the molecule is Cc1ccc(N=Nc2ccc(N=Nc3c(C(=O)O)cc(O)c(N=Nc4ccc(S(=O)(=O)CCOS(=O)(=O)O)cc4)c3O)c3cc(S(=O)(=O)O)ccc23)cc1. The second kappa shape index (κ2) is 15.5. The van der Waals surface area contributed by atoms with Gasteiger partial charge in [0.2, 0.25) is 0 Å². The van der Waals surface area contributed by atoms with Crippen LogP contribution in [-0.4, -0.2) is 68.0 Å². The van der Waals surface area contributed by atoms with E-state index in [-0.39, 0.29) is 27.3 Å². The maximum absolute atomic E-state index is 12.4. The highest BCUT2D eigenvalue weighted by Crippen LogP contribution is 2.47. The first-order valence-corrected chi connectivity index (χ1v) is 19.4. The molecule has 0 aliphatic heterocycles. The van der Waals surface area contributed by atoms with E-state index in [1.807, 2.05) is 19.1 Å². The van der Waals surface area contributed by atoms with Crippen molar-refractivity contribution in [2.75, 3.05) is 12.4 Å². The van der Waals surface area contributed by atoms with Crippen LogP contribution in [0.3, 0.4) is 0 Å². The molecule has 0 radical (unpaired) electrons. The number of benzene rings is 5. The van der Waals surface area contributed by atoms with E-state index in [2.05, 4.69) is 34.9 Å². The molecule has 0 fully saturated rings. The number of hydrogen-bond donors (Lipinski definition) is 5. The summed E-state index contributed by atoms with van der Waals surface area (Å²) in [6.07, 6.45) is 0. The number of aryl methyl sites for hydroxylation is 1. The molecule has 0 aromatic heterocycles. The van der Waals surface area contributed by atoms with Crippen molar-refractivity contribution >= 4 is 81.2 Å². The summed E-state index contributed by atoms with van der Waals surface area (Å²) in [6, 6.07) is 18.8. The second-order valence-electron chi connectivity index (χ2n) is 11.1. The highest BCUT2D eigenvalue weighted by molar-refractivity contribution is 7.91. The maximum atomic E-state index is 12.4. The topological polar surface area (TPSA) is 304 Å². The van der Waals surface area contributed by atoms with Gasteiger partial charge in [0.25, 0.3) is 10.1 Å². The molecule has 0 aliphatic carbocycles. The fraction of sp³-hybridized carbons (Fsp3) is 0.0938. The minimum Gasteiger partial charge on any atom is -0.505 e. The Morgan fingerprint density at radius 2 is 1.19 bits per heavy atom. The van der Waals surface area contributed by atoms with Gasteiger partial charge < -0.3 is 15.3 Å². The molecular formula is C32H26N6O13S3. The first-order valence-electron chi connectivity index (χ1n) is 15.0. The number of carbonyl (C=O) groups is 1. The van der Waals surface area contributed by atoms with Gasteiger partial charge in [-0.1, -0.05) is 23.8 Å². The normalized spacial score (nSPS) is 12.7. The molecule has 280 valence electrons. The number of sulfone groups is 1. The number of hydrogen-bond acceptors (Lipinski definition) is 16. The van der Waals surface area contributed by atoms with E-state index in [9.17, 15) is 49.9 Å². The van der Waals surface area contributed by atoms with Gasteiger partial charge in [-0.3, -0.25) is 9.11 Å². The number of carboxylic acids is 1. The van der Waals surface area contributed by atoms with Crippen LogP contribution in [0.2, 0.25) is 0 Å². The molecule has 5 aromatic carbocycles. The Bertz CT molecular complexity index is 2700. The van der Waals surface area contributed by atoms with Crippen molar-refractivity contribution in [2.45, 2.75) is 16.7 Å². The van der Waals surface area contributed by atoms with Gasteiger partial charge in [-0.15, -0.1) is 20.5 Å². The number of carboxylic acid groups (broad SMARTS) is 1. The molecule has 19 nitrogen and oxygen atoms in total. The predicted molar refractivity (Wildman–Crippen MR) is 190 cm³/mol. The first-order chi connectivity index (χ1) is 25.3. The van der Waals surface area contributed by atoms with Gasteiger partial charge in [0.15, 0.2) is 21.3 Å². The Kier molecular flexibility index (Phi) is 11.3. The third-order valence-corrected chi connectivity index (χ3v) is 10.3. The zero-order valence-electron chi connectivity index (χ0n) is 27.4. The molecule has 0 aliphatic rings. The smallest absolute Gasteiger partial charge is 0.397 e. The summed E-state index contributed by atoms with van der Waals surface area (Å²) >= 11 is 0. The first kappa shape index (κ1) is 39.2. The zero-order valence-corrected chi connectivity index (χ0v) is 29.9. The predicted octanol–water partition coefficient (Wildman–Crippen LogP) is 7.34. The van der Waals surface area contributed by atoms with Crippen molar-refractivity contribution in [1.82, 2.24) is 0 Å². The minimum atomic E-state index is -4.85. The van der Waals surface area contributed by atoms with Crippen molar-refractivity contribution in [1.29, 1.82) is 0 Å². The van der Waals surface area contributed by atoms with Crippen LogP contribution in [0.1, 0.15) is 15.9 Å². The molecule has 0 spiro atoms. The average Bonchev–Trinajstić information content (AvgIpc) is 3.10. The fourth-order valence-electron chi connectivity index (χ4n) is 4.65. The van der Waals surface area contributed by atoms with E-state index in [0.717, 1.165) is 35.9 Å². The van der Waals surface area contributed by atoms with Crippen molar-refractivity contribution < 1.29 is 58.7 Å². The highest BCUT2D eigenvalue weighted by Gasteiger charge is 2.23. The summed E-state index contributed by atoms with van der Waals surface area (Å²) in [7, 11) is -13.6. The summed E-state index contributed by atoms with van der Waals surface area (Å²) < 4.78 is 92.5. The third kappa shape index (κ3) is 9.49. The lowest BCUT2D eigenvalue weighted by Gasteiger charge is -2.09. The van der Waals surface area contributed by atoms with E-state index in [0.29, 0.717) is 11.1 Å². The number of aromatic carboxylic acids is 1. The number of rotatable bonds is 13. The Balaban J connectivity index is 1.51. The van der Waals surface area contributed by atoms with E-state index in [4.69, 9.17) is 4.55 Å². The molecule has 0 atom stereocenters. The quantitative estimate of drug-likeness (QED) is 0.0575. The molecule has 0 amide bonds. The Labute approximate surface area is 306 Å². The van der Waals surface area contributed by atoms with E-state index in [1.165, 1.54) is 30.3 Å². The lowest BCUT2D eigenvalue weighted by molar-refractivity contribution is 0.0696. The number of phenolic OH excluding ortho intramolecular Hbond substituents is 2. The largest absolute Gasteiger partial charge is 0.505 e. The molecule has 5 N–H and O–H groups in total. The Morgan fingerprint density at radius 3 is 1.78 bits per heavy atom. The van der Waals surface area contributed by atoms with Gasteiger partial charge in [0.1, 0.15) is 11.4 Å². The molecule has 54 heavy (non-hydrogen) atoms. The van der Waals surface area contributed by atoms with Gasteiger partial charge in [-0.2, -0.15) is 27.1 Å². The molecule has 0 heterocycles. The molecule has 22 heteroatoms. The van der Waals surface area contributed by atoms with Crippen LogP contribution in [-0.2, 0) is 34.5 Å². The molecule has 0 saturated heterocycles. The minimum absolute atomic E-state index is 0.00634. The number of azo groups is 3. The third-order valence-electron chi connectivity index (χ3n) is 7.31. The summed E-state index contributed by atoms with van der Waals surface area (Å²) in [5.74, 6) is -4.24. The summed E-state index contributed by atoms with van der Waals surface area (Å²) in [6.45, 7) is 1.05. The maximum Gasteiger partial charge on any atom is 0.397 e.